The number of carboxylic acids is 1. The zero-order valence-electron chi connectivity index (χ0n) is 12.8. The molecule has 0 amide bonds. The Kier molecular flexibility index (Phi) is 3.88. The lowest BCUT2D eigenvalue weighted by Gasteiger charge is -2.19. The normalized spacial score (nSPS) is 17.3. The van der Waals surface area contributed by atoms with Gasteiger partial charge in [-0.1, -0.05) is 0 Å². The number of fused-ring (bicyclic) bond motifs is 1. The standard InChI is InChI=1S/C17H20N2O3/c1-11(2)22-14-6-3-12(4-7-14)15-10-19-9-13(17(20)21)5-8-16(19)18-15/h3-4,6-7,10-11,13H,5,8-9H2,1-2H3,(H,20,21). The molecule has 2 aromatic rings. The van der Waals surface area contributed by atoms with Crippen molar-refractivity contribution in [2.24, 2.45) is 5.92 Å². The number of aliphatic carboxylic acids is 1. The van der Waals surface area contributed by atoms with Crippen LogP contribution >= 0.6 is 0 Å². The van der Waals surface area contributed by atoms with Crippen molar-refractivity contribution in [3.05, 3.63) is 36.3 Å². The highest BCUT2D eigenvalue weighted by Crippen LogP contribution is 2.26. The van der Waals surface area contributed by atoms with Crippen molar-refractivity contribution in [1.82, 2.24) is 9.55 Å². The van der Waals surface area contributed by atoms with Gasteiger partial charge in [0.2, 0.25) is 0 Å². The SMILES string of the molecule is CC(C)Oc1ccc(-c2cn3c(n2)CCC(C(=O)O)C3)cc1. The quantitative estimate of drug-likeness (QED) is 0.942. The van der Waals surface area contributed by atoms with E-state index in [-0.39, 0.29) is 12.0 Å². The van der Waals surface area contributed by atoms with E-state index in [1.807, 2.05) is 48.9 Å². The first kappa shape index (κ1) is 14.6. The van der Waals surface area contributed by atoms with Gasteiger partial charge in [-0.2, -0.15) is 0 Å². The molecular formula is C17H20N2O3. The van der Waals surface area contributed by atoms with Gasteiger partial charge >= 0.3 is 5.97 Å². The second-order valence-corrected chi connectivity index (χ2v) is 5.96. The van der Waals surface area contributed by atoms with Gasteiger partial charge in [0.15, 0.2) is 0 Å². The lowest BCUT2D eigenvalue weighted by molar-refractivity contribution is -0.142. The third-order valence-electron chi connectivity index (χ3n) is 3.86. The summed E-state index contributed by atoms with van der Waals surface area (Å²) in [6.07, 6.45) is 3.47. The third kappa shape index (κ3) is 2.98. The van der Waals surface area contributed by atoms with Gasteiger partial charge in [-0.3, -0.25) is 4.79 Å². The molecule has 0 saturated heterocycles. The van der Waals surface area contributed by atoms with E-state index < -0.39 is 5.97 Å². The highest BCUT2D eigenvalue weighted by Gasteiger charge is 2.25. The van der Waals surface area contributed by atoms with Gasteiger partial charge in [0.25, 0.3) is 0 Å². The Morgan fingerprint density at radius 3 is 2.73 bits per heavy atom. The number of rotatable bonds is 4. The van der Waals surface area contributed by atoms with Crippen LogP contribution in [0.5, 0.6) is 5.75 Å². The van der Waals surface area contributed by atoms with E-state index in [1.54, 1.807) is 0 Å². The van der Waals surface area contributed by atoms with Gasteiger partial charge in [0.05, 0.1) is 17.7 Å². The number of aromatic nitrogens is 2. The number of hydrogen-bond acceptors (Lipinski definition) is 3. The predicted octanol–water partition coefficient (Wildman–Crippen LogP) is 2.98. The van der Waals surface area contributed by atoms with Crippen molar-refractivity contribution >= 4 is 5.97 Å². The molecule has 1 unspecified atom stereocenters. The van der Waals surface area contributed by atoms with Gasteiger partial charge < -0.3 is 14.4 Å². The first-order valence-corrected chi connectivity index (χ1v) is 7.59. The van der Waals surface area contributed by atoms with E-state index in [1.165, 1.54) is 0 Å². The van der Waals surface area contributed by atoms with Crippen LogP contribution < -0.4 is 4.74 Å². The van der Waals surface area contributed by atoms with Crippen LogP contribution in [-0.4, -0.2) is 26.7 Å². The number of carbonyl (C=O) groups is 1. The molecule has 116 valence electrons. The van der Waals surface area contributed by atoms with Crippen LogP contribution in [0.3, 0.4) is 0 Å². The zero-order valence-corrected chi connectivity index (χ0v) is 12.8. The molecule has 0 radical (unpaired) electrons. The molecule has 1 aliphatic heterocycles. The largest absolute Gasteiger partial charge is 0.491 e. The summed E-state index contributed by atoms with van der Waals surface area (Å²) >= 11 is 0. The van der Waals surface area contributed by atoms with Gasteiger partial charge in [-0.25, -0.2) is 4.98 Å². The van der Waals surface area contributed by atoms with Gasteiger partial charge in [0, 0.05) is 24.7 Å². The van der Waals surface area contributed by atoms with Crippen molar-refractivity contribution in [3.63, 3.8) is 0 Å². The summed E-state index contributed by atoms with van der Waals surface area (Å²) in [7, 11) is 0. The summed E-state index contributed by atoms with van der Waals surface area (Å²) < 4.78 is 7.60. The second kappa shape index (κ2) is 5.83. The molecule has 5 nitrogen and oxygen atoms in total. The Morgan fingerprint density at radius 2 is 2.09 bits per heavy atom. The molecule has 0 aliphatic carbocycles. The van der Waals surface area contributed by atoms with Crippen molar-refractivity contribution in [1.29, 1.82) is 0 Å². The molecule has 1 aliphatic rings. The van der Waals surface area contributed by atoms with E-state index in [9.17, 15) is 4.79 Å². The number of nitrogens with zero attached hydrogens (tertiary/aromatic N) is 2. The smallest absolute Gasteiger partial charge is 0.308 e. The molecule has 1 N–H and O–H groups in total. The molecule has 1 aromatic carbocycles. The molecule has 0 saturated carbocycles. The third-order valence-corrected chi connectivity index (χ3v) is 3.86. The highest BCUT2D eigenvalue weighted by atomic mass is 16.5. The average molecular weight is 300 g/mol. The Labute approximate surface area is 129 Å². The van der Waals surface area contributed by atoms with Gasteiger partial charge in [0.1, 0.15) is 11.6 Å². The Balaban J connectivity index is 1.80. The molecule has 0 bridgehead atoms. The van der Waals surface area contributed by atoms with E-state index in [4.69, 9.17) is 9.84 Å². The number of ether oxygens (including phenoxy) is 1. The van der Waals surface area contributed by atoms with E-state index in [2.05, 4.69) is 4.98 Å². The summed E-state index contributed by atoms with van der Waals surface area (Å²) in [4.78, 5) is 15.8. The summed E-state index contributed by atoms with van der Waals surface area (Å²) in [6.45, 7) is 4.50. The topological polar surface area (TPSA) is 64.4 Å². The lowest BCUT2D eigenvalue weighted by Crippen LogP contribution is -2.26. The minimum atomic E-state index is -0.726. The molecule has 5 heteroatoms. The molecule has 0 fully saturated rings. The summed E-state index contributed by atoms with van der Waals surface area (Å²) in [5.74, 6) is 0.774. The molecular weight excluding hydrogens is 280 g/mol. The predicted molar refractivity (Wildman–Crippen MR) is 82.9 cm³/mol. The fraction of sp³-hybridized carbons (Fsp3) is 0.412. The molecule has 3 rings (SSSR count). The average Bonchev–Trinajstić information content (AvgIpc) is 2.90. The number of hydrogen-bond donors (Lipinski definition) is 1. The number of benzene rings is 1. The maximum Gasteiger partial charge on any atom is 0.308 e. The highest BCUT2D eigenvalue weighted by molar-refractivity contribution is 5.70. The maximum atomic E-state index is 11.1. The fourth-order valence-corrected chi connectivity index (χ4v) is 2.76. The van der Waals surface area contributed by atoms with Gasteiger partial charge in [-0.05, 0) is 44.5 Å². The van der Waals surface area contributed by atoms with E-state index in [0.29, 0.717) is 19.4 Å². The van der Waals surface area contributed by atoms with Crippen molar-refractivity contribution in [2.45, 2.75) is 39.3 Å². The minimum Gasteiger partial charge on any atom is -0.491 e. The zero-order chi connectivity index (χ0) is 15.7. The number of aryl methyl sites for hydroxylation is 1. The van der Waals surface area contributed by atoms with Crippen LogP contribution in [0.25, 0.3) is 11.3 Å². The molecule has 1 aromatic heterocycles. The number of carboxylic acid groups (broad SMARTS) is 1. The Hall–Kier alpha value is -2.30. The number of imidazole rings is 1. The minimum absolute atomic E-state index is 0.152. The maximum absolute atomic E-state index is 11.1. The first-order chi connectivity index (χ1) is 10.5. The molecule has 2 heterocycles. The monoisotopic (exact) mass is 300 g/mol. The van der Waals surface area contributed by atoms with Gasteiger partial charge in [-0.15, -0.1) is 0 Å². The molecule has 0 spiro atoms. The lowest BCUT2D eigenvalue weighted by atomic mass is 10.00. The fourth-order valence-electron chi connectivity index (χ4n) is 2.76. The summed E-state index contributed by atoms with van der Waals surface area (Å²) in [6, 6.07) is 7.85. The van der Waals surface area contributed by atoms with Crippen molar-refractivity contribution < 1.29 is 14.6 Å². The Bertz CT molecular complexity index is 674. The van der Waals surface area contributed by atoms with Crippen LogP contribution in [0.1, 0.15) is 26.1 Å². The van der Waals surface area contributed by atoms with Crippen LogP contribution in [-0.2, 0) is 17.8 Å². The first-order valence-electron chi connectivity index (χ1n) is 7.59. The molecule has 22 heavy (non-hydrogen) atoms. The van der Waals surface area contributed by atoms with Crippen LogP contribution in [0.15, 0.2) is 30.5 Å². The van der Waals surface area contributed by atoms with Crippen LogP contribution in [0.4, 0.5) is 0 Å². The van der Waals surface area contributed by atoms with E-state index in [0.717, 1.165) is 22.8 Å². The van der Waals surface area contributed by atoms with Crippen LogP contribution in [0.2, 0.25) is 0 Å². The Morgan fingerprint density at radius 1 is 1.36 bits per heavy atom. The second-order valence-electron chi connectivity index (χ2n) is 5.96. The van der Waals surface area contributed by atoms with E-state index >= 15 is 0 Å². The van der Waals surface area contributed by atoms with Crippen molar-refractivity contribution in [3.8, 4) is 17.0 Å². The summed E-state index contributed by atoms with van der Waals surface area (Å²) in [5.41, 5.74) is 1.90. The van der Waals surface area contributed by atoms with Crippen LogP contribution in [0, 0.1) is 5.92 Å². The molecule has 1 atom stereocenters. The van der Waals surface area contributed by atoms with Crippen molar-refractivity contribution in [2.75, 3.05) is 0 Å². The summed E-state index contributed by atoms with van der Waals surface area (Å²) in [5, 5.41) is 9.14.